The molecular formula is C16H17N3O4S2. The molecule has 0 aliphatic heterocycles. The summed E-state index contributed by atoms with van der Waals surface area (Å²) in [5, 5.41) is 8.95. The molecule has 0 radical (unpaired) electrons. The molecule has 0 aliphatic rings. The normalized spacial score (nSPS) is 11.7. The number of anilines is 1. The van der Waals surface area contributed by atoms with Gasteiger partial charge in [-0.3, -0.25) is 4.31 Å². The second-order valence-electron chi connectivity index (χ2n) is 5.21. The molecule has 2 aromatic carbocycles. The summed E-state index contributed by atoms with van der Waals surface area (Å²) in [6.45, 7) is -0.207. The van der Waals surface area contributed by atoms with Crippen molar-refractivity contribution in [1.29, 1.82) is 5.26 Å². The molecule has 0 unspecified atom stereocenters. The zero-order valence-corrected chi connectivity index (χ0v) is 15.1. The van der Waals surface area contributed by atoms with Crippen LogP contribution in [0, 0.1) is 11.3 Å². The number of hydrogen-bond acceptors (Lipinski definition) is 5. The van der Waals surface area contributed by atoms with Crippen molar-refractivity contribution in [3.8, 4) is 6.07 Å². The van der Waals surface area contributed by atoms with E-state index in [4.69, 9.17) is 5.26 Å². The van der Waals surface area contributed by atoms with Gasteiger partial charge in [-0.15, -0.1) is 0 Å². The van der Waals surface area contributed by atoms with Crippen LogP contribution in [0.2, 0.25) is 0 Å². The van der Waals surface area contributed by atoms with Crippen LogP contribution in [-0.2, 0) is 20.0 Å². The van der Waals surface area contributed by atoms with Gasteiger partial charge < -0.3 is 0 Å². The van der Waals surface area contributed by atoms with E-state index in [0.29, 0.717) is 11.3 Å². The molecular weight excluding hydrogens is 362 g/mol. The SMILES string of the molecule is CS(=O)(=O)N(CCNS(=O)(=O)c1ccccc1)c1cccc(C#N)c1. The molecule has 0 aliphatic carbocycles. The van der Waals surface area contributed by atoms with E-state index < -0.39 is 20.0 Å². The van der Waals surface area contributed by atoms with E-state index in [9.17, 15) is 16.8 Å². The second kappa shape index (κ2) is 7.65. The van der Waals surface area contributed by atoms with E-state index in [0.717, 1.165) is 10.6 Å². The van der Waals surface area contributed by atoms with E-state index in [1.807, 2.05) is 6.07 Å². The van der Waals surface area contributed by atoms with Crippen LogP contribution in [0.1, 0.15) is 5.56 Å². The minimum Gasteiger partial charge on any atom is -0.269 e. The summed E-state index contributed by atoms with van der Waals surface area (Å²) in [7, 11) is -7.36. The van der Waals surface area contributed by atoms with Crippen LogP contribution in [0.4, 0.5) is 5.69 Å². The molecule has 0 bridgehead atoms. The Bertz CT molecular complexity index is 982. The van der Waals surface area contributed by atoms with Crippen molar-refractivity contribution in [1.82, 2.24) is 4.72 Å². The fourth-order valence-electron chi connectivity index (χ4n) is 2.18. The zero-order valence-electron chi connectivity index (χ0n) is 13.5. The van der Waals surface area contributed by atoms with Gasteiger partial charge in [-0.25, -0.2) is 21.6 Å². The number of hydrogen-bond donors (Lipinski definition) is 1. The molecule has 2 rings (SSSR count). The Kier molecular flexibility index (Phi) is 5.79. The average molecular weight is 379 g/mol. The monoisotopic (exact) mass is 379 g/mol. The number of nitrogens with one attached hydrogen (secondary N) is 1. The van der Waals surface area contributed by atoms with Crippen molar-refractivity contribution in [3.05, 3.63) is 60.2 Å². The Morgan fingerprint density at radius 3 is 2.32 bits per heavy atom. The van der Waals surface area contributed by atoms with Crippen molar-refractivity contribution in [2.45, 2.75) is 4.90 Å². The standard InChI is InChI=1S/C16H17N3O4S2/c1-24(20,21)19(15-7-5-6-14(12-15)13-17)11-10-18-25(22,23)16-8-3-2-4-9-16/h2-9,12,18H,10-11H2,1H3. The highest BCUT2D eigenvalue weighted by Crippen LogP contribution is 2.18. The molecule has 25 heavy (non-hydrogen) atoms. The van der Waals surface area contributed by atoms with Crippen molar-refractivity contribution >= 4 is 25.7 Å². The highest BCUT2D eigenvalue weighted by Gasteiger charge is 2.19. The molecule has 0 heterocycles. The van der Waals surface area contributed by atoms with Crippen LogP contribution < -0.4 is 9.03 Å². The number of rotatable bonds is 7. The van der Waals surface area contributed by atoms with Crippen LogP contribution in [0.3, 0.4) is 0 Å². The van der Waals surface area contributed by atoms with Crippen LogP contribution >= 0.6 is 0 Å². The minimum absolute atomic E-state index is 0.0974. The van der Waals surface area contributed by atoms with Gasteiger partial charge in [0.05, 0.1) is 28.5 Å². The maximum atomic E-state index is 12.2. The maximum Gasteiger partial charge on any atom is 0.240 e. The fraction of sp³-hybridized carbons (Fsp3) is 0.188. The lowest BCUT2D eigenvalue weighted by Crippen LogP contribution is -2.38. The van der Waals surface area contributed by atoms with E-state index in [2.05, 4.69) is 4.72 Å². The topological polar surface area (TPSA) is 107 Å². The molecule has 0 atom stereocenters. The summed E-state index contributed by atoms with van der Waals surface area (Å²) in [4.78, 5) is 0.104. The van der Waals surface area contributed by atoms with Crippen LogP contribution in [0.15, 0.2) is 59.5 Å². The first kappa shape index (κ1) is 18.9. The van der Waals surface area contributed by atoms with E-state index >= 15 is 0 Å². The van der Waals surface area contributed by atoms with Gasteiger partial charge in [0, 0.05) is 13.1 Å². The number of nitrogens with zero attached hydrogens (tertiary/aromatic N) is 2. The van der Waals surface area contributed by atoms with Gasteiger partial charge in [0.2, 0.25) is 20.0 Å². The van der Waals surface area contributed by atoms with Gasteiger partial charge >= 0.3 is 0 Å². The molecule has 0 amide bonds. The third-order valence-electron chi connectivity index (χ3n) is 3.32. The number of benzene rings is 2. The highest BCUT2D eigenvalue weighted by atomic mass is 32.2. The predicted octanol–water partition coefficient (Wildman–Crippen LogP) is 1.30. The van der Waals surface area contributed by atoms with Crippen LogP contribution in [0.5, 0.6) is 0 Å². The lowest BCUT2D eigenvalue weighted by atomic mass is 10.2. The first-order valence-corrected chi connectivity index (χ1v) is 10.6. The predicted molar refractivity (Wildman–Crippen MR) is 95.0 cm³/mol. The van der Waals surface area contributed by atoms with Gasteiger partial charge in [0.25, 0.3) is 0 Å². The Labute approximate surface area is 147 Å². The molecule has 0 fully saturated rings. The lowest BCUT2D eigenvalue weighted by molar-refractivity contribution is 0.578. The molecule has 0 spiro atoms. The molecule has 7 nitrogen and oxygen atoms in total. The van der Waals surface area contributed by atoms with Gasteiger partial charge in [0.15, 0.2) is 0 Å². The summed E-state index contributed by atoms with van der Waals surface area (Å²) in [6, 6.07) is 15.9. The molecule has 0 aromatic heterocycles. The first-order chi connectivity index (χ1) is 11.7. The van der Waals surface area contributed by atoms with Crippen molar-refractivity contribution in [3.63, 3.8) is 0 Å². The summed E-state index contributed by atoms with van der Waals surface area (Å²) in [6.07, 6.45) is 1.03. The molecule has 0 saturated carbocycles. The average Bonchev–Trinajstić information content (AvgIpc) is 2.58. The zero-order chi connectivity index (χ0) is 18.5. The Hall–Kier alpha value is -2.41. The summed E-state index contributed by atoms with van der Waals surface area (Å²) < 4.78 is 51.8. The van der Waals surface area contributed by atoms with E-state index in [1.54, 1.807) is 36.4 Å². The largest absolute Gasteiger partial charge is 0.269 e. The minimum atomic E-state index is -3.72. The number of nitriles is 1. The van der Waals surface area contributed by atoms with Crippen LogP contribution in [0.25, 0.3) is 0 Å². The summed E-state index contributed by atoms with van der Waals surface area (Å²) in [5.74, 6) is 0. The fourth-order valence-corrected chi connectivity index (χ4v) is 4.14. The highest BCUT2D eigenvalue weighted by molar-refractivity contribution is 7.92. The molecule has 132 valence electrons. The number of sulfonamides is 2. The lowest BCUT2D eigenvalue weighted by Gasteiger charge is -2.22. The Balaban J connectivity index is 2.16. The molecule has 9 heteroatoms. The first-order valence-electron chi connectivity index (χ1n) is 7.26. The van der Waals surface area contributed by atoms with Crippen molar-refractivity contribution in [2.75, 3.05) is 23.7 Å². The Morgan fingerprint density at radius 1 is 1.04 bits per heavy atom. The smallest absolute Gasteiger partial charge is 0.240 e. The van der Waals surface area contributed by atoms with Crippen molar-refractivity contribution in [2.24, 2.45) is 0 Å². The van der Waals surface area contributed by atoms with Gasteiger partial charge in [-0.05, 0) is 30.3 Å². The quantitative estimate of drug-likeness (QED) is 0.780. The van der Waals surface area contributed by atoms with Crippen molar-refractivity contribution < 1.29 is 16.8 Å². The van der Waals surface area contributed by atoms with Gasteiger partial charge in [-0.2, -0.15) is 5.26 Å². The molecule has 2 aromatic rings. The van der Waals surface area contributed by atoms with Gasteiger partial charge in [-0.1, -0.05) is 24.3 Å². The third-order valence-corrected chi connectivity index (χ3v) is 6.00. The van der Waals surface area contributed by atoms with Gasteiger partial charge in [0.1, 0.15) is 0 Å². The van der Waals surface area contributed by atoms with Crippen LogP contribution in [-0.4, -0.2) is 36.2 Å². The summed E-state index contributed by atoms with van der Waals surface area (Å²) in [5.41, 5.74) is 0.622. The Morgan fingerprint density at radius 2 is 1.72 bits per heavy atom. The van der Waals surface area contributed by atoms with E-state index in [-0.39, 0.29) is 18.0 Å². The third kappa shape index (κ3) is 5.03. The second-order valence-corrected chi connectivity index (χ2v) is 8.88. The maximum absolute atomic E-state index is 12.2. The molecule has 0 saturated heterocycles. The summed E-state index contributed by atoms with van der Waals surface area (Å²) >= 11 is 0. The van der Waals surface area contributed by atoms with E-state index in [1.165, 1.54) is 18.2 Å². The molecule has 1 N–H and O–H groups in total.